The summed E-state index contributed by atoms with van der Waals surface area (Å²) in [6.07, 6.45) is 8.50. The normalized spacial score (nSPS) is 18.8. The molecule has 1 aliphatic heterocycles. The highest BCUT2D eigenvalue weighted by atomic mass is 32.2. The molecule has 4 nitrogen and oxygen atoms in total. The van der Waals surface area contributed by atoms with E-state index in [0.29, 0.717) is 11.5 Å². The van der Waals surface area contributed by atoms with E-state index in [1.807, 2.05) is 71.6 Å². The number of thioether (sulfide) groups is 1. The zero-order valence-corrected chi connectivity index (χ0v) is 21.5. The van der Waals surface area contributed by atoms with Crippen LogP contribution < -0.4 is 4.74 Å². The average Bonchev–Trinajstić information content (AvgIpc) is 3.23. The van der Waals surface area contributed by atoms with Crippen molar-refractivity contribution in [2.75, 3.05) is 0 Å². The van der Waals surface area contributed by atoms with Crippen LogP contribution >= 0.6 is 11.8 Å². The number of aliphatic imine (C=N–C) groups is 1. The number of carbonyl (C=O) groups is 1. The van der Waals surface area contributed by atoms with Gasteiger partial charge in [0.15, 0.2) is 5.17 Å². The summed E-state index contributed by atoms with van der Waals surface area (Å²) in [5, 5.41) is 0.793. The second-order valence-corrected chi connectivity index (χ2v) is 10.3. The zero-order valence-electron chi connectivity index (χ0n) is 20.7. The molecule has 1 aliphatic carbocycles. The molecular weight excluding hydrogens is 464 g/mol. The highest BCUT2D eigenvalue weighted by molar-refractivity contribution is 8.18. The molecule has 0 spiro atoms. The van der Waals surface area contributed by atoms with E-state index in [0.717, 1.165) is 59.8 Å². The third-order valence-corrected chi connectivity index (χ3v) is 7.79. The van der Waals surface area contributed by atoms with Gasteiger partial charge in [-0.3, -0.25) is 9.69 Å². The molecule has 2 aliphatic rings. The Hall–Kier alpha value is -3.31. The van der Waals surface area contributed by atoms with Crippen LogP contribution in [0, 0.1) is 0 Å². The van der Waals surface area contributed by atoms with Crippen LogP contribution in [-0.4, -0.2) is 22.0 Å². The van der Waals surface area contributed by atoms with E-state index in [4.69, 9.17) is 9.73 Å². The topological polar surface area (TPSA) is 41.9 Å². The molecule has 1 saturated heterocycles. The van der Waals surface area contributed by atoms with Crippen LogP contribution in [0.15, 0.2) is 88.8 Å². The van der Waals surface area contributed by atoms with Crippen LogP contribution in [0.1, 0.15) is 55.7 Å². The van der Waals surface area contributed by atoms with E-state index in [1.54, 1.807) is 0 Å². The van der Waals surface area contributed by atoms with Gasteiger partial charge in [-0.15, -0.1) is 0 Å². The number of amides is 1. The first-order valence-corrected chi connectivity index (χ1v) is 13.7. The van der Waals surface area contributed by atoms with E-state index in [9.17, 15) is 4.79 Å². The largest absolute Gasteiger partial charge is 0.488 e. The Balaban J connectivity index is 1.46. The maximum absolute atomic E-state index is 13.8. The summed E-state index contributed by atoms with van der Waals surface area (Å²) in [7, 11) is 0. The second kappa shape index (κ2) is 11.6. The molecule has 0 aromatic heterocycles. The van der Waals surface area contributed by atoms with E-state index in [1.165, 1.54) is 23.7 Å². The minimum Gasteiger partial charge on any atom is -0.488 e. The molecule has 1 amide bonds. The summed E-state index contributed by atoms with van der Waals surface area (Å²) in [5.41, 5.74) is 4.16. The number of hydrogen-bond donors (Lipinski definition) is 0. The second-order valence-electron chi connectivity index (χ2n) is 9.27. The minimum absolute atomic E-state index is 0.0532. The molecule has 5 heteroatoms. The first-order chi connectivity index (χ1) is 17.7. The van der Waals surface area contributed by atoms with E-state index < -0.39 is 0 Å². The van der Waals surface area contributed by atoms with Gasteiger partial charge < -0.3 is 4.74 Å². The Labute approximate surface area is 218 Å². The van der Waals surface area contributed by atoms with Crippen LogP contribution in [0.2, 0.25) is 0 Å². The number of para-hydroxylation sites is 2. The Morgan fingerprint density at radius 2 is 1.67 bits per heavy atom. The molecule has 1 saturated carbocycles. The first kappa shape index (κ1) is 24.4. The lowest BCUT2D eigenvalue weighted by Crippen LogP contribution is -2.40. The lowest BCUT2D eigenvalue weighted by Gasteiger charge is -2.30. The summed E-state index contributed by atoms with van der Waals surface area (Å²) in [4.78, 5) is 21.5. The monoisotopic (exact) mass is 496 g/mol. The third kappa shape index (κ3) is 5.57. The SMILES string of the molecule is CCc1ccccc1N=C1S/C(=C/c2ccccc2OCc2ccccc2)C(=O)N1C1CCCCC1. The van der Waals surface area contributed by atoms with Gasteiger partial charge in [-0.25, -0.2) is 4.99 Å². The molecular formula is C31H32N2O2S. The van der Waals surface area contributed by atoms with Crippen LogP contribution in [0.4, 0.5) is 5.69 Å². The van der Waals surface area contributed by atoms with Crippen molar-refractivity contribution in [3.63, 3.8) is 0 Å². The molecule has 5 rings (SSSR count). The molecule has 0 unspecified atom stereocenters. The van der Waals surface area contributed by atoms with Crippen molar-refractivity contribution in [3.05, 3.63) is 100 Å². The Bertz CT molecular complexity index is 1260. The maximum atomic E-state index is 13.8. The molecule has 0 radical (unpaired) electrons. The minimum atomic E-state index is 0.0532. The Morgan fingerprint density at radius 1 is 0.944 bits per heavy atom. The number of amidine groups is 1. The summed E-state index contributed by atoms with van der Waals surface area (Å²) < 4.78 is 6.16. The molecule has 3 aromatic carbocycles. The molecule has 36 heavy (non-hydrogen) atoms. The van der Waals surface area contributed by atoms with Crippen molar-refractivity contribution in [1.29, 1.82) is 0 Å². The van der Waals surface area contributed by atoms with Gasteiger partial charge in [0.25, 0.3) is 5.91 Å². The van der Waals surface area contributed by atoms with Crippen molar-refractivity contribution in [2.24, 2.45) is 4.99 Å². The molecule has 1 heterocycles. The van der Waals surface area contributed by atoms with E-state index in [-0.39, 0.29) is 11.9 Å². The van der Waals surface area contributed by atoms with Crippen molar-refractivity contribution < 1.29 is 9.53 Å². The molecule has 2 fully saturated rings. The van der Waals surface area contributed by atoms with Gasteiger partial charge in [-0.1, -0.05) is 92.9 Å². The smallest absolute Gasteiger partial charge is 0.267 e. The number of carbonyl (C=O) groups excluding carboxylic acids is 1. The summed E-state index contributed by atoms with van der Waals surface area (Å²) in [6, 6.07) is 26.5. The van der Waals surface area contributed by atoms with Gasteiger partial charge in [0.05, 0.1) is 10.6 Å². The Kier molecular flexibility index (Phi) is 7.87. The summed E-state index contributed by atoms with van der Waals surface area (Å²) >= 11 is 1.48. The Morgan fingerprint density at radius 3 is 2.47 bits per heavy atom. The van der Waals surface area contributed by atoms with Crippen molar-refractivity contribution in [3.8, 4) is 5.75 Å². The molecule has 184 valence electrons. The number of hydrogen-bond acceptors (Lipinski definition) is 4. The predicted octanol–water partition coefficient (Wildman–Crippen LogP) is 7.76. The van der Waals surface area contributed by atoms with Crippen molar-refractivity contribution >= 4 is 34.6 Å². The fourth-order valence-electron chi connectivity index (χ4n) is 4.86. The average molecular weight is 497 g/mol. The van der Waals surface area contributed by atoms with Crippen LogP contribution in [-0.2, 0) is 17.8 Å². The fourth-order valence-corrected chi connectivity index (χ4v) is 5.90. The number of benzene rings is 3. The number of rotatable bonds is 7. The van der Waals surface area contributed by atoms with Crippen LogP contribution in [0.25, 0.3) is 6.08 Å². The van der Waals surface area contributed by atoms with Crippen LogP contribution in [0.5, 0.6) is 5.75 Å². The molecule has 0 N–H and O–H groups in total. The molecule has 0 bridgehead atoms. The third-order valence-electron chi connectivity index (χ3n) is 6.81. The van der Waals surface area contributed by atoms with Crippen molar-refractivity contribution in [1.82, 2.24) is 4.90 Å². The number of ether oxygens (including phenoxy) is 1. The first-order valence-electron chi connectivity index (χ1n) is 12.9. The van der Waals surface area contributed by atoms with Gasteiger partial charge in [0.2, 0.25) is 0 Å². The van der Waals surface area contributed by atoms with Gasteiger partial charge in [-0.2, -0.15) is 0 Å². The predicted molar refractivity (Wildman–Crippen MR) is 149 cm³/mol. The van der Waals surface area contributed by atoms with Gasteiger partial charge in [0, 0.05) is 11.6 Å². The highest BCUT2D eigenvalue weighted by Gasteiger charge is 2.38. The highest BCUT2D eigenvalue weighted by Crippen LogP contribution is 2.39. The lowest BCUT2D eigenvalue weighted by molar-refractivity contribution is -0.124. The zero-order chi connectivity index (χ0) is 24.7. The van der Waals surface area contributed by atoms with E-state index >= 15 is 0 Å². The van der Waals surface area contributed by atoms with Gasteiger partial charge in [0.1, 0.15) is 12.4 Å². The number of nitrogens with zero attached hydrogens (tertiary/aromatic N) is 2. The molecule has 0 atom stereocenters. The quantitative estimate of drug-likeness (QED) is 0.314. The molecule has 3 aromatic rings. The van der Waals surface area contributed by atoms with Crippen molar-refractivity contribution in [2.45, 2.75) is 58.1 Å². The fraction of sp³-hybridized carbons (Fsp3) is 0.290. The van der Waals surface area contributed by atoms with Gasteiger partial charge in [-0.05, 0) is 60.4 Å². The van der Waals surface area contributed by atoms with Gasteiger partial charge >= 0.3 is 0 Å². The van der Waals surface area contributed by atoms with E-state index in [2.05, 4.69) is 25.1 Å². The summed E-state index contributed by atoms with van der Waals surface area (Å²) in [5.74, 6) is 0.825. The number of aryl methyl sites for hydroxylation is 1. The standard InChI is InChI=1S/C31H32N2O2S/c1-2-24-15-9-11-19-27(24)32-31-33(26-17-7-4-8-18-26)30(34)29(36-31)21-25-16-10-12-20-28(25)35-22-23-13-5-3-6-14-23/h3,5-6,9-16,19-21,26H,2,4,7-8,17-18,22H2,1H3/b29-21+,32-31?. The summed E-state index contributed by atoms with van der Waals surface area (Å²) in [6.45, 7) is 2.62. The van der Waals surface area contributed by atoms with Crippen LogP contribution in [0.3, 0.4) is 0 Å². The lowest BCUT2D eigenvalue weighted by atomic mass is 9.94. The maximum Gasteiger partial charge on any atom is 0.267 e.